The van der Waals surface area contributed by atoms with Crippen LogP contribution in [0.3, 0.4) is 0 Å². The summed E-state index contributed by atoms with van der Waals surface area (Å²) in [6.45, 7) is 17.8. The van der Waals surface area contributed by atoms with Gasteiger partial charge in [-0.15, -0.1) is 21.5 Å². The molecular formula is C57H65ClN10O5S. The van der Waals surface area contributed by atoms with E-state index in [9.17, 15) is 19.2 Å². The first-order valence-electron chi connectivity index (χ1n) is 25.8. The average molecular weight is 1040 g/mol. The fraction of sp³-hybridized carbons (Fsp3) is 0.404. The van der Waals surface area contributed by atoms with Gasteiger partial charge in [0.2, 0.25) is 5.91 Å². The number of hydrogen-bond acceptors (Lipinski definition) is 11. The van der Waals surface area contributed by atoms with Crippen LogP contribution in [0.5, 0.6) is 0 Å². The summed E-state index contributed by atoms with van der Waals surface area (Å²) in [4.78, 5) is 72.0. The van der Waals surface area contributed by atoms with E-state index in [0.717, 1.165) is 85.2 Å². The second-order valence-corrected chi connectivity index (χ2v) is 21.4. The molecule has 74 heavy (non-hydrogen) atoms. The first kappa shape index (κ1) is 52.1. The molecule has 1 unspecified atom stereocenters. The quantitative estimate of drug-likeness (QED) is 0.0748. The summed E-state index contributed by atoms with van der Waals surface area (Å²) in [6.07, 6.45) is 7.60. The molecule has 15 nitrogen and oxygen atoms in total. The molecule has 2 aromatic carbocycles. The number of benzene rings is 2. The number of carbonyl (C=O) groups excluding carboxylic acids is 3. The molecule has 1 atom stereocenters. The average Bonchev–Trinajstić information content (AvgIpc) is 4.06. The first-order chi connectivity index (χ1) is 35.7. The van der Waals surface area contributed by atoms with Gasteiger partial charge in [-0.25, -0.2) is 4.98 Å². The van der Waals surface area contributed by atoms with Gasteiger partial charge in [0.05, 0.1) is 5.71 Å². The monoisotopic (exact) mass is 1040 g/mol. The van der Waals surface area contributed by atoms with Crippen molar-refractivity contribution in [2.75, 3.05) is 44.3 Å². The zero-order valence-electron chi connectivity index (χ0n) is 43.4. The number of anilines is 1. The zero-order valence-corrected chi connectivity index (χ0v) is 45.0. The highest BCUT2D eigenvalue weighted by Gasteiger charge is 2.32. The number of aromatic nitrogens is 6. The number of carbonyl (C=O) groups is 3. The fourth-order valence-electron chi connectivity index (χ4n) is 10.1. The summed E-state index contributed by atoms with van der Waals surface area (Å²) in [5, 5.41) is 14.5. The number of aliphatic imine (C=N–C) groups is 1. The van der Waals surface area contributed by atoms with E-state index < -0.39 is 6.04 Å². The lowest BCUT2D eigenvalue weighted by atomic mass is 9.99. The van der Waals surface area contributed by atoms with Gasteiger partial charge < -0.3 is 29.4 Å². The Labute approximate surface area is 441 Å². The molecule has 0 spiro atoms. The van der Waals surface area contributed by atoms with Gasteiger partial charge in [-0.3, -0.25) is 28.7 Å². The van der Waals surface area contributed by atoms with Crippen molar-refractivity contribution in [3.05, 3.63) is 144 Å². The number of thiophene rings is 1. The van der Waals surface area contributed by atoms with Gasteiger partial charge >= 0.3 is 0 Å². The van der Waals surface area contributed by atoms with Gasteiger partial charge in [0.25, 0.3) is 11.5 Å². The molecule has 2 N–H and O–H groups in total. The molecule has 2 amide bonds. The molecule has 2 aliphatic heterocycles. The zero-order chi connectivity index (χ0) is 52.2. The lowest BCUT2D eigenvalue weighted by Gasteiger charge is -2.35. The number of nitrogens with one attached hydrogen (secondary N) is 2. The van der Waals surface area contributed by atoms with Crippen LogP contribution in [-0.2, 0) is 27.3 Å². The number of hydrogen-bond donors (Lipinski definition) is 2. The van der Waals surface area contributed by atoms with Crippen LogP contribution >= 0.6 is 22.9 Å². The van der Waals surface area contributed by atoms with Gasteiger partial charge in [-0.2, -0.15) is 0 Å². The van der Waals surface area contributed by atoms with Crippen molar-refractivity contribution in [1.82, 2.24) is 39.5 Å². The molecule has 386 valence electrons. The van der Waals surface area contributed by atoms with E-state index in [-0.39, 0.29) is 42.2 Å². The molecule has 2 aliphatic rings. The maximum absolute atomic E-state index is 14.0. The minimum Gasteiger partial charge on any atom is -0.381 e. The topological polar surface area (TPSA) is 173 Å². The standard InChI is InChI=1S/C57H65ClN10O5S/c1-8-11-40-28-35(4)61-56(72)47(40)33-60-55(71)46-29-42(30-49-45(46)20-21-67(49)34(2)3)41-16-19-50(59-32-41)65-22-24-66(25-23-65)51(70)13-10-27-73-26-9-12-44(69)31-48-54-64-63-38(7)68(54)57-52(36(5)37(6)74-57)53(62-48)39-14-17-43(58)18-15-39/h14-21,28-30,32,34,48H,8-13,22-27,31,33H2,1-7H3,(H,60,71)(H,61,72). The van der Waals surface area contributed by atoms with Gasteiger partial charge in [-0.1, -0.05) is 37.1 Å². The Hall–Kier alpha value is -6.75. The van der Waals surface area contributed by atoms with Crippen LogP contribution in [0.25, 0.3) is 27.0 Å². The predicted octanol–water partition coefficient (Wildman–Crippen LogP) is 10.2. The molecular weight excluding hydrogens is 972 g/mol. The maximum atomic E-state index is 14.0. The van der Waals surface area contributed by atoms with Crippen molar-refractivity contribution in [2.45, 2.75) is 112 Å². The van der Waals surface area contributed by atoms with E-state index >= 15 is 0 Å². The Morgan fingerprint density at radius 1 is 0.905 bits per heavy atom. The summed E-state index contributed by atoms with van der Waals surface area (Å²) < 4.78 is 10.1. The summed E-state index contributed by atoms with van der Waals surface area (Å²) in [5.41, 5.74) is 9.32. The third kappa shape index (κ3) is 11.2. The van der Waals surface area contributed by atoms with Gasteiger partial charge in [-0.05, 0) is 126 Å². The van der Waals surface area contributed by atoms with Crippen LogP contribution in [0.2, 0.25) is 5.02 Å². The number of Topliss-reactive ketones (excluding diaryl/α,β-unsaturated/α-hetero) is 1. The lowest BCUT2D eigenvalue weighted by molar-refractivity contribution is -0.131. The number of nitrogens with zero attached hydrogens (tertiary/aromatic N) is 8. The van der Waals surface area contributed by atoms with Gasteiger partial charge in [0.15, 0.2) is 5.82 Å². The smallest absolute Gasteiger partial charge is 0.253 e. The fourth-order valence-corrected chi connectivity index (χ4v) is 11.5. The highest BCUT2D eigenvalue weighted by atomic mass is 35.5. The molecule has 5 aromatic heterocycles. The number of pyridine rings is 2. The van der Waals surface area contributed by atoms with Crippen LogP contribution < -0.4 is 15.8 Å². The molecule has 9 rings (SSSR count). The maximum Gasteiger partial charge on any atom is 0.253 e. The van der Waals surface area contributed by atoms with E-state index in [2.05, 4.69) is 75.2 Å². The third-order valence-corrected chi connectivity index (χ3v) is 15.6. The van der Waals surface area contributed by atoms with E-state index in [1.165, 1.54) is 4.88 Å². The number of aryl methyl sites for hydroxylation is 4. The highest BCUT2D eigenvalue weighted by molar-refractivity contribution is 7.15. The summed E-state index contributed by atoms with van der Waals surface area (Å²) in [7, 11) is 0. The van der Waals surface area contributed by atoms with Crippen molar-refractivity contribution in [2.24, 2.45) is 4.99 Å². The number of fused-ring (bicyclic) bond motifs is 4. The molecule has 0 radical (unpaired) electrons. The number of piperazine rings is 1. The van der Waals surface area contributed by atoms with E-state index in [0.29, 0.717) is 87.1 Å². The SMILES string of the molecule is CCCc1cc(C)[nH]c(=O)c1CNC(=O)c1cc(-c2ccc(N3CCN(C(=O)CCCOCCCC(=O)CC4N=C(c5ccc(Cl)cc5)c5c(sc(C)c5C)-n5c(C)nnc54)CC3)nc2)cc2c1ccn2C(C)C. The first-order valence-corrected chi connectivity index (χ1v) is 27.0. The minimum atomic E-state index is -0.503. The third-order valence-electron chi connectivity index (χ3n) is 14.2. The Bertz CT molecular complexity index is 3290. The highest BCUT2D eigenvalue weighted by Crippen LogP contribution is 2.40. The molecule has 7 aromatic rings. The normalized spacial score (nSPS) is 14.6. The van der Waals surface area contributed by atoms with E-state index in [4.69, 9.17) is 26.3 Å². The van der Waals surface area contributed by atoms with E-state index in [1.807, 2.05) is 85.7 Å². The number of amides is 2. The number of ether oxygens (including phenoxy) is 1. The van der Waals surface area contributed by atoms with Gasteiger partial charge in [0.1, 0.15) is 28.5 Å². The van der Waals surface area contributed by atoms with Crippen molar-refractivity contribution in [3.8, 4) is 16.1 Å². The Balaban J connectivity index is 0.741. The molecule has 17 heteroatoms. The van der Waals surface area contributed by atoms with Crippen LogP contribution in [0.15, 0.2) is 82.8 Å². The number of aromatic amines is 1. The van der Waals surface area contributed by atoms with E-state index in [1.54, 1.807) is 11.3 Å². The molecule has 7 heterocycles. The molecule has 0 saturated carbocycles. The van der Waals surface area contributed by atoms with Crippen molar-refractivity contribution in [3.63, 3.8) is 0 Å². The summed E-state index contributed by atoms with van der Waals surface area (Å²) in [6, 6.07) is 19.4. The van der Waals surface area contributed by atoms with Gasteiger partial charge in [0, 0.05) is 138 Å². The summed E-state index contributed by atoms with van der Waals surface area (Å²) in [5.74, 6) is 2.17. The van der Waals surface area contributed by atoms with Crippen LogP contribution in [0, 0.1) is 27.7 Å². The van der Waals surface area contributed by atoms with Crippen LogP contribution in [0.4, 0.5) is 5.82 Å². The van der Waals surface area contributed by atoms with Crippen LogP contribution in [-0.4, -0.2) is 96.9 Å². The molecule has 0 aliphatic carbocycles. The largest absolute Gasteiger partial charge is 0.381 e. The van der Waals surface area contributed by atoms with Crippen molar-refractivity contribution < 1.29 is 19.1 Å². The number of H-pyrrole nitrogens is 1. The Morgan fingerprint density at radius 3 is 2.36 bits per heavy atom. The summed E-state index contributed by atoms with van der Waals surface area (Å²) >= 11 is 7.95. The molecule has 1 fully saturated rings. The minimum absolute atomic E-state index is 0.0744. The molecule has 0 bridgehead atoms. The second kappa shape index (κ2) is 22.8. The number of halogens is 1. The Kier molecular flexibility index (Phi) is 16.1. The number of ketones is 1. The van der Waals surface area contributed by atoms with Crippen LogP contribution in [0.1, 0.15) is 132 Å². The second-order valence-electron chi connectivity index (χ2n) is 19.7. The molecule has 1 saturated heterocycles. The lowest BCUT2D eigenvalue weighted by Crippen LogP contribution is -2.49. The Morgan fingerprint density at radius 2 is 1.65 bits per heavy atom. The predicted molar refractivity (Wildman–Crippen MR) is 294 cm³/mol. The number of rotatable bonds is 19. The van der Waals surface area contributed by atoms with Crippen molar-refractivity contribution >= 4 is 63.0 Å². The van der Waals surface area contributed by atoms with Crippen molar-refractivity contribution in [1.29, 1.82) is 0 Å².